The predicted octanol–water partition coefficient (Wildman–Crippen LogP) is 3.15. The number of imidazole rings is 1. The third-order valence-electron chi connectivity index (χ3n) is 4.60. The van der Waals surface area contributed by atoms with Gasteiger partial charge in [-0.2, -0.15) is 0 Å². The third-order valence-corrected chi connectivity index (χ3v) is 4.60. The molecule has 0 bridgehead atoms. The molecule has 0 aliphatic carbocycles. The topological polar surface area (TPSA) is 74.5 Å². The Labute approximate surface area is 183 Å². The number of guanidine groups is 1. The molecule has 1 aromatic heterocycles. The largest absolute Gasteiger partial charge is 0.384 e. The van der Waals surface area contributed by atoms with Crippen LogP contribution >= 0.6 is 24.0 Å². The fraction of sp³-hybridized carbons (Fsp3) is 0.333. The number of aryl methyl sites for hydroxylation is 1. The fourth-order valence-electron chi connectivity index (χ4n) is 2.98. The lowest BCUT2D eigenvalue weighted by Crippen LogP contribution is -2.44. The van der Waals surface area contributed by atoms with E-state index in [4.69, 9.17) is 0 Å². The Balaban J connectivity index is 0.00000280. The van der Waals surface area contributed by atoms with Gasteiger partial charge in [-0.3, -0.25) is 0 Å². The molecule has 150 valence electrons. The lowest BCUT2D eigenvalue weighted by molar-refractivity contribution is 0.0617. The van der Waals surface area contributed by atoms with Crippen LogP contribution < -0.4 is 10.6 Å². The van der Waals surface area contributed by atoms with Crippen molar-refractivity contribution in [3.63, 3.8) is 0 Å². The highest BCUT2D eigenvalue weighted by Crippen LogP contribution is 2.19. The molecule has 1 heterocycles. The van der Waals surface area contributed by atoms with Crippen molar-refractivity contribution in [2.75, 3.05) is 13.1 Å². The van der Waals surface area contributed by atoms with E-state index in [0.717, 1.165) is 29.0 Å². The minimum absolute atomic E-state index is 0. The monoisotopic (exact) mass is 493 g/mol. The van der Waals surface area contributed by atoms with Crippen molar-refractivity contribution in [1.82, 2.24) is 20.2 Å². The first-order valence-electron chi connectivity index (χ1n) is 9.21. The maximum absolute atomic E-state index is 10.8. The number of benzene rings is 2. The average Bonchev–Trinajstić information content (AvgIpc) is 3.01. The molecular weight excluding hydrogens is 465 g/mol. The van der Waals surface area contributed by atoms with E-state index in [9.17, 15) is 5.11 Å². The van der Waals surface area contributed by atoms with E-state index < -0.39 is 5.60 Å². The van der Waals surface area contributed by atoms with Gasteiger partial charge in [0.05, 0.1) is 17.6 Å². The predicted molar refractivity (Wildman–Crippen MR) is 125 cm³/mol. The molecule has 3 N–H and O–H groups in total. The minimum atomic E-state index is -0.991. The molecule has 0 fully saturated rings. The van der Waals surface area contributed by atoms with E-state index in [2.05, 4.69) is 31.2 Å². The van der Waals surface area contributed by atoms with Crippen molar-refractivity contribution in [2.45, 2.75) is 26.0 Å². The minimum Gasteiger partial charge on any atom is -0.384 e. The molecule has 1 atom stereocenters. The van der Waals surface area contributed by atoms with E-state index in [1.54, 1.807) is 6.92 Å². The summed E-state index contributed by atoms with van der Waals surface area (Å²) in [6, 6.07) is 17.7. The summed E-state index contributed by atoms with van der Waals surface area (Å²) in [5.41, 5.74) is 1.93. The number of fused-ring (bicyclic) bond motifs is 1. The van der Waals surface area contributed by atoms with Gasteiger partial charge in [0.15, 0.2) is 5.96 Å². The molecule has 28 heavy (non-hydrogen) atoms. The molecule has 0 spiro atoms. The van der Waals surface area contributed by atoms with Gasteiger partial charge in [-0.25, -0.2) is 9.98 Å². The number of aliphatic hydroxyl groups is 1. The fourth-order valence-corrected chi connectivity index (χ4v) is 2.98. The van der Waals surface area contributed by atoms with E-state index in [-0.39, 0.29) is 24.0 Å². The van der Waals surface area contributed by atoms with Crippen LogP contribution in [0, 0.1) is 0 Å². The van der Waals surface area contributed by atoms with Gasteiger partial charge in [0.1, 0.15) is 18.0 Å². The maximum atomic E-state index is 10.8. The number of para-hydroxylation sites is 2. The van der Waals surface area contributed by atoms with E-state index in [1.807, 2.05) is 62.5 Å². The normalized spacial score (nSPS) is 13.6. The van der Waals surface area contributed by atoms with Gasteiger partial charge < -0.3 is 20.3 Å². The van der Waals surface area contributed by atoms with Crippen molar-refractivity contribution in [3.8, 4) is 0 Å². The van der Waals surface area contributed by atoms with Crippen LogP contribution in [0.5, 0.6) is 0 Å². The molecule has 2 aromatic carbocycles. The van der Waals surface area contributed by atoms with Gasteiger partial charge in [0.2, 0.25) is 0 Å². The van der Waals surface area contributed by atoms with Crippen LogP contribution in [-0.2, 0) is 19.2 Å². The smallest absolute Gasteiger partial charge is 0.191 e. The summed E-state index contributed by atoms with van der Waals surface area (Å²) in [6.45, 7) is 5.35. The zero-order valence-corrected chi connectivity index (χ0v) is 18.8. The van der Waals surface area contributed by atoms with E-state index in [1.165, 1.54) is 0 Å². The number of rotatable bonds is 6. The van der Waals surface area contributed by atoms with Crippen LogP contribution in [0.15, 0.2) is 59.6 Å². The average molecular weight is 493 g/mol. The molecule has 0 aliphatic heterocycles. The number of halogens is 1. The summed E-state index contributed by atoms with van der Waals surface area (Å²) in [7, 11) is 2.00. The van der Waals surface area contributed by atoms with Crippen LogP contribution in [0.2, 0.25) is 0 Å². The van der Waals surface area contributed by atoms with Crippen LogP contribution in [-0.4, -0.2) is 33.7 Å². The van der Waals surface area contributed by atoms with Crippen molar-refractivity contribution in [1.29, 1.82) is 0 Å². The first-order valence-corrected chi connectivity index (χ1v) is 9.21. The zero-order chi connectivity index (χ0) is 19.3. The molecule has 1 unspecified atom stereocenters. The molecule has 0 saturated carbocycles. The van der Waals surface area contributed by atoms with Crippen molar-refractivity contribution in [2.24, 2.45) is 12.0 Å². The molecule has 3 aromatic rings. The zero-order valence-electron chi connectivity index (χ0n) is 16.5. The standard InChI is InChI=1S/C21H27N5O.HI/c1-4-22-20(24-15-21(2,27)16-10-6-5-7-11-16)23-14-19-25-17-12-8-9-13-18(17)26(19)3;/h5-13,27H,4,14-15H2,1-3H3,(H2,22,23,24);1H. The Hall–Kier alpha value is -2.13. The Bertz CT molecular complexity index is 921. The number of hydrogen-bond donors (Lipinski definition) is 3. The van der Waals surface area contributed by atoms with Crippen LogP contribution in [0.1, 0.15) is 25.2 Å². The molecule has 0 amide bonds. The van der Waals surface area contributed by atoms with Crippen molar-refractivity contribution >= 4 is 41.0 Å². The molecule has 3 rings (SSSR count). The highest BCUT2D eigenvalue weighted by molar-refractivity contribution is 14.0. The Morgan fingerprint density at radius 2 is 1.79 bits per heavy atom. The van der Waals surface area contributed by atoms with Crippen molar-refractivity contribution in [3.05, 3.63) is 66.0 Å². The second-order valence-corrected chi connectivity index (χ2v) is 6.76. The summed E-state index contributed by atoms with van der Waals surface area (Å²) in [5, 5.41) is 17.2. The Kier molecular flexibility index (Phi) is 7.82. The highest BCUT2D eigenvalue weighted by atomic mass is 127. The van der Waals surface area contributed by atoms with Gasteiger partial charge in [0, 0.05) is 13.6 Å². The first-order chi connectivity index (χ1) is 13.0. The lowest BCUT2D eigenvalue weighted by atomic mass is 9.96. The quantitative estimate of drug-likeness (QED) is 0.280. The van der Waals surface area contributed by atoms with Gasteiger partial charge in [-0.1, -0.05) is 42.5 Å². The first kappa shape index (κ1) is 22.2. The van der Waals surface area contributed by atoms with Gasteiger partial charge in [-0.15, -0.1) is 24.0 Å². The second kappa shape index (κ2) is 9.88. The number of hydrogen-bond acceptors (Lipinski definition) is 3. The number of nitrogens with one attached hydrogen (secondary N) is 2. The van der Waals surface area contributed by atoms with Gasteiger partial charge in [0.25, 0.3) is 0 Å². The Morgan fingerprint density at radius 3 is 2.46 bits per heavy atom. The van der Waals surface area contributed by atoms with E-state index in [0.29, 0.717) is 19.0 Å². The summed E-state index contributed by atoms with van der Waals surface area (Å²) in [5.74, 6) is 1.55. The molecule has 0 saturated heterocycles. The summed E-state index contributed by atoms with van der Waals surface area (Å²) in [6.07, 6.45) is 0. The van der Waals surface area contributed by atoms with E-state index >= 15 is 0 Å². The molecule has 6 nitrogen and oxygen atoms in total. The Morgan fingerprint density at radius 1 is 1.11 bits per heavy atom. The maximum Gasteiger partial charge on any atom is 0.191 e. The van der Waals surface area contributed by atoms with Gasteiger partial charge in [-0.05, 0) is 31.5 Å². The number of nitrogens with zero attached hydrogens (tertiary/aromatic N) is 3. The van der Waals surface area contributed by atoms with Crippen molar-refractivity contribution < 1.29 is 5.11 Å². The summed E-state index contributed by atoms with van der Waals surface area (Å²) in [4.78, 5) is 9.29. The molecule has 0 radical (unpaired) electrons. The lowest BCUT2D eigenvalue weighted by Gasteiger charge is -2.25. The number of aromatic nitrogens is 2. The van der Waals surface area contributed by atoms with Crippen LogP contribution in [0.3, 0.4) is 0 Å². The molecule has 7 heteroatoms. The van der Waals surface area contributed by atoms with Crippen LogP contribution in [0.25, 0.3) is 11.0 Å². The van der Waals surface area contributed by atoms with Gasteiger partial charge >= 0.3 is 0 Å². The second-order valence-electron chi connectivity index (χ2n) is 6.76. The highest BCUT2D eigenvalue weighted by Gasteiger charge is 2.23. The van der Waals surface area contributed by atoms with Crippen LogP contribution in [0.4, 0.5) is 0 Å². The SMILES string of the molecule is CCNC(=NCc1nc2ccccc2n1C)NCC(C)(O)c1ccccc1.I. The summed E-state index contributed by atoms with van der Waals surface area (Å²) >= 11 is 0. The molecular formula is C21H28IN5O. The summed E-state index contributed by atoms with van der Waals surface area (Å²) < 4.78 is 2.06. The third kappa shape index (κ3) is 5.23. The molecule has 0 aliphatic rings. The number of aliphatic imine (C=N–C) groups is 1.